The van der Waals surface area contributed by atoms with Crippen molar-refractivity contribution >= 4 is 15.9 Å². The van der Waals surface area contributed by atoms with Crippen LogP contribution in [0.4, 0.5) is 0 Å². The van der Waals surface area contributed by atoms with E-state index in [1.807, 2.05) is 0 Å². The van der Waals surface area contributed by atoms with E-state index < -0.39 is 0 Å². The Kier molecular flexibility index (Phi) is 7.70. The van der Waals surface area contributed by atoms with Crippen LogP contribution in [0.25, 0.3) is 0 Å². The summed E-state index contributed by atoms with van der Waals surface area (Å²) in [5, 5.41) is 3.72. The normalized spacial score (nSPS) is 12.9. The van der Waals surface area contributed by atoms with Crippen LogP contribution in [0.3, 0.4) is 0 Å². The highest BCUT2D eigenvalue weighted by Gasteiger charge is 2.16. The smallest absolute Gasteiger partial charge is 0.0323 e. The van der Waals surface area contributed by atoms with Crippen LogP contribution in [-0.4, -0.2) is 6.54 Å². The fraction of sp³-hybridized carbons (Fsp3) is 0.647. The van der Waals surface area contributed by atoms with E-state index in [9.17, 15) is 0 Å². The molecule has 0 aliphatic heterocycles. The summed E-state index contributed by atoms with van der Waals surface area (Å²) in [6, 6.07) is 7.25. The Balaban J connectivity index is 2.87. The Hall–Kier alpha value is -0.340. The van der Waals surface area contributed by atoms with Crippen LogP contribution in [-0.2, 0) is 0 Å². The molecule has 1 aromatic carbocycles. The van der Waals surface area contributed by atoms with Crippen LogP contribution in [0.2, 0.25) is 0 Å². The summed E-state index contributed by atoms with van der Waals surface area (Å²) in [5.74, 6) is 0.814. The molecule has 2 heteroatoms. The van der Waals surface area contributed by atoms with Crippen LogP contribution in [0.5, 0.6) is 0 Å². The highest BCUT2D eigenvalue weighted by molar-refractivity contribution is 9.10. The largest absolute Gasteiger partial charge is 0.310 e. The molecule has 0 heterocycles. The molecular formula is C17H28BrN. The quantitative estimate of drug-likeness (QED) is 0.653. The summed E-state index contributed by atoms with van der Waals surface area (Å²) in [5.41, 5.74) is 2.75. The molecule has 0 bridgehead atoms. The molecule has 0 aromatic heterocycles. The molecule has 108 valence electrons. The molecule has 0 saturated heterocycles. The van der Waals surface area contributed by atoms with Gasteiger partial charge < -0.3 is 5.32 Å². The second kappa shape index (κ2) is 8.76. The lowest BCUT2D eigenvalue weighted by Crippen LogP contribution is -2.24. The first kappa shape index (κ1) is 16.7. The number of rotatable bonds is 8. The second-order valence-corrected chi connectivity index (χ2v) is 6.40. The second-order valence-electron chi connectivity index (χ2n) is 5.49. The number of hydrogen-bond acceptors (Lipinski definition) is 1. The van der Waals surface area contributed by atoms with Gasteiger partial charge in [0.05, 0.1) is 0 Å². The number of nitrogens with one attached hydrogen (secondary N) is 1. The van der Waals surface area contributed by atoms with E-state index >= 15 is 0 Å². The number of benzene rings is 1. The van der Waals surface area contributed by atoms with E-state index in [-0.39, 0.29) is 0 Å². The Morgan fingerprint density at radius 2 is 1.79 bits per heavy atom. The minimum atomic E-state index is 0.487. The summed E-state index contributed by atoms with van der Waals surface area (Å²) >= 11 is 3.62. The molecule has 1 N–H and O–H groups in total. The maximum absolute atomic E-state index is 3.72. The zero-order chi connectivity index (χ0) is 14.3. The van der Waals surface area contributed by atoms with Crippen LogP contribution in [0.1, 0.15) is 63.6 Å². The van der Waals surface area contributed by atoms with Crippen LogP contribution >= 0.6 is 15.9 Å². The van der Waals surface area contributed by atoms with Gasteiger partial charge in [-0.25, -0.2) is 0 Å². The maximum Gasteiger partial charge on any atom is 0.0323 e. The molecule has 0 amide bonds. The van der Waals surface area contributed by atoms with Crippen molar-refractivity contribution in [1.29, 1.82) is 0 Å². The molecule has 1 unspecified atom stereocenters. The molecule has 0 fully saturated rings. The zero-order valence-electron chi connectivity index (χ0n) is 12.8. The van der Waals surface area contributed by atoms with Crippen LogP contribution in [0.15, 0.2) is 22.7 Å². The first-order valence-corrected chi connectivity index (χ1v) is 8.40. The minimum Gasteiger partial charge on any atom is -0.310 e. The Morgan fingerprint density at radius 1 is 1.11 bits per heavy atom. The number of aryl methyl sites for hydroxylation is 1. The number of hydrogen-bond donors (Lipinski definition) is 1. The summed E-state index contributed by atoms with van der Waals surface area (Å²) in [4.78, 5) is 0. The fourth-order valence-electron chi connectivity index (χ4n) is 2.58. The first-order chi connectivity index (χ1) is 9.10. The van der Waals surface area contributed by atoms with Crippen molar-refractivity contribution in [2.75, 3.05) is 6.54 Å². The van der Waals surface area contributed by atoms with Crippen molar-refractivity contribution < 1.29 is 0 Å². The SMILES string of the molecule is CCCNC(CC(CC)CC)c1cc(C)cc(Br)c1. The average Bonchev–Trinajstić information content (AvgIpc) is 2.38. The molecule has 1 nitrogen and oxygen atoms in total. The van der Waals surface area contributed by atoms with Crippen molar-refractivity contribution in [2.45, 2.75) is 59.4 Å². The van der Waals surface area contributed by atoms with Crippen molar-refractivity contribution in [2.24, 2.45) is 5.92 Å². The molecule has 19 heavy (non-hydrogen) atoms. The lowest BCUT2D eigenvalue weighted by molar-refractivity contribution is 0.371. The maximum atomic E-state index is 3.72. The molecule has 1 aromatic rings. The van der Waals surface area contributed by atoms with Gasteiger partial charge >= 0.3 is 0 Å². The Labute approximate surface area is 127 Å². The third kappa shape index (κ3) is 5.66. The third-order valence-electron chi connectivity index (χ3n) is 3.83. The van der Waals surface area contributed by atoms with Gasteiger partial charge in [0.1, 0.15) is 0 Å². The van der Waals surface area contributed by atoms with Crippen LogP contribution < -0.4 is 5.32 Å². The Bertz CT molecular complexity index is 351. The Morgan fingerprint density at radius 3 is 2.32 bits per heavy atom. The standard InChI is InChI=1S/C17H28BrN/c1-5-8-19-17(11-14(6-2)7-3)15-9-13(4)10-16(18)12-15/h9-10,12,14,17,19H,5-8,11H2,1-4H3. The van der Waals surface area contributed by atoms with Gasteiger partial charge in [-0.1, -0.05) is 55.6 Å². The van der Waals surface area contributed by atoms with Gasteiger partial charge in [0, 0.05) is 10.5 Å². The molecular weight excluding hydrogens is 298 g/mol. The minimum absolute atomic E-state index is 0.487. The predicted octanol–water partition coefficient (Wildman–Crippen LogP) is 5.62. The van der Waals surface area contributed by atoms with Gasteiger partial charge in [-0.05, 0) is 55.5 Å². The lowest BCUT2D eigenvalue weighted by Gasteiger charge is -2.24. The van der Waals surface area contributed by atoms with E-state index in [2.05, 4.69) is 67.1 Å². The third-order valence-corrected chi connectivity index (χ3v) is 4.29. The van der Waals surface area contributed by atoms with E-state index in [0.717, 1.165) is 12.5 Å². The lowest BCUT2D eigenvalue weighted by atomic mass is 9.90. The molecule has 1 rings (SSSR count). The molecule has 1 atom stereocenters. The summed E-state index contributed by atoms with van der Waals surface area (Å²) in [6.45, 7) is 10.1. The molecule has 0 aliphatic rings. The topological polar surface area (TPSA) is 12.0 Å². The van der Waals surface area contributed by atoms with Gasteiger partial charge in [0.2, 0.25) is 0 Å². The van der Waals surface area contributed by atoms with Crippen molar-refractivity contribution in [3.05, 3.63) is 33.8 Å². The highest BCUT2D eigenvalue weighted by Crippen LogP contribution is 2.28. The fourth-order valence-corrected chi connectivity index (χ4v) is 3.20. The molecule has 0 saturated carbocycles. The predicted molar refractivity (Wildman–Crippen MR) is 88.6 cm³/mol. The van der Waals surface area contributed by atoms with E-state index in [4.69, 9.17) is 0 Å². The van der Waals surface area contributed by atoms with E-state index in [1.165, 1.54) is 41.3 Å². The van der Waals surface area contributed by atoms with Crippen molar-refractivity contribution in [3.63, 3.8) is 0 Å². The van der Waals surface area contributed by atoms with Gasteiger partial charge in [-0.3, -0.25) is 0 Å². The molecule has 0 spiro atoms. The summed E-state index contributed by atoms with van der Waals surface area (Å²) in [6.07, 6.45) is 4.97. The van der Waals surface area contributed by atoms with Crippen molar-refractivity contribution in [1.82, 2.24) is 5.32 Å². The summed E-state index contributed by atoms with van der Waals surface area (Å²) < 4.78 is 1.19. The first-order valence-electron chi connectivity index (χ1n) is 7.61. The van der Waals surface area contributed by atoms with Crippen molar-refractivity contribution in [3.8, 4) is 0 Å². The van der Waals surface area contributed by atoms with Crippen LogP contribution in [0, 0.1) is 12.8 Å². The molecule has 0 aliphatic carbocycles. The monoisotopic (exact) mass is 325 g/mol. The molecule has 0 radical (unpaired) electrons. The van der Waals surface area contributed by atoms with E-state index in [1.54, 1.807) is 0 Å². The van der Waals surface area contributed by atoms with Gasteiger partial charge in [-0.2, -0.15) is 0 Å². The average molecular weight is 326 g/mol. The zero-order valence-corrected chi connectivity index (χ0v) is 14.4. The van der Waals surface area contributed by atoms with E-state index in [0.29, 0.717) is 6.04 Å². The van der Waals surface area contributed by atoms with Gasteiger partial charge in [0.25, 0.3) is 0 Å². The summed E-state index contributed by atoms with van der Waals surface area (Å²) in [7, 11) is 0. The van der Waals surface area contributed by atoms with Gasteiger partial charge in [-0.15, -0.1) is 0 Å². The highest BCUT2D eigenvalue weighted by atomic mass is 79.9. The van der Waals surface area contributed by atoms with Gasteiger partial charge in [0.15, 0.2) is 0 Å². The number of halogens is 1.